The van der Waals surface area contributed by atoms with E-state index in [1.165, 1.54) is 50.2 Å². The Balaban J connectivity index is 1.69. The molecule has 5 rings (SSSR count). The first-order valence-corrected chi connectivity index (χ1v) is 14.4. The number of hydrogen-bond donors (Lipinski definition) is 2. The van der Waals surface area contributed by atoms with Gasteiger partial charge in [0.15, 0.2) is 5.71 Å². The van der Waals surface area contributed by atoms with Crippen LogP contribution in [0.4, 0.5) is 28.4 Å². The van der Waals surface area contributed by atoms with Crippen molar-refractivity contribution in [3.63, 3.8) is 0 Å². The van der Waals surface area contributed by atoms with Crippen molar-refractivity contribution in [3.05, 3.63) is 122 Å². The van der Waals surface area contributed by atoms with Gasteiger partial charge in [-0.05, 0) is 57.5 Å². The number of benzene rings is 3. The third kappa shape index (κ3) is 5.49. The lowest BCUT2D eigenvalue weighted by Gasteiger charge is -2.25. The lowest BCUT2D eigenvalue weighted by Crippen LogP contribution is -2.33. The zero-order valence-electron chi connectivity index (χ0n) is 25.6. The standard InChI is InChI=1S/C34H30N4O8/c1-20(39)18-33(3)26-16-24(37(43)44)12-14-28(26)35-30(33)6-5-7-31-34(4,19-21(2)40)27-17-25(38(45)46)13-15-29(27)36(31)23-10-8-22(9-11-23)32(41)42/h5-17H,18-19H2,1-4H3,(H,41,42)/p+1. The molecule has 12 heteroatoms. The van der Waals surface area contributed by atoms with Crippen molar-refractivity contribution < 1.29 is 29.3 Å². The minimum Gasteiger partial charge on any atom is -0.478 e. The van der Waals surface area contributed by atoms with E-state index in [-0.39, 0.29) is 41.3 Å². The van der Waals surface area contributed by atoms with Crippen LogP contribution in [0.5, 0.6) is 0 Å². The number of rotatable bonds is 10. The van der Waals surface area contributed by atoms with E-state index in [0.29, 0.717) is 39.6 Å². The molecule has 2 heterocycles. The number of carboxylic acids is 1. The molecule has 2 N–H and O–H groups in total. The molecule has 46 heavy (non-hydrogen) atoms. The van der Waals surface area contributed by atoms with Gasteiger partial charge in [0.25, 0.3) is 11.4 Å². The second-order valence-corrected chi connectivity index (χ2v) is 12.0. The Morgan fingerprint density at radius 2 is 1.41 bits per heavy atom. The molecular formula is C34H31N4O8+. The van der Waals surface area contributed by atoms with E-state index >= 15 is 0 Å². The van der Waals surface area contributed by atoms with Crippen LogP contribution in [0.2, 0.25) is 0 Å². The summed E-state index contributed by atoms with van der Waals surface area (Å²) in [6.07, 6.45) is 5.41. The second kappa shape index (κ2) is 11.6. The van der Waals surface area contributed by atoms with Crippen molar-refractivity contribution in [2.75, 3.05) is 5.32 Å². The molecule has 2 aliphatic heterocycles. The SMILES string of the molecule is CC(=O)CC1(C)C(/C=C/C=C2\Nc3ccc([N+](=O)[O-])cc3C2(C)CC(C)=O)=[N+](c2ccc(C(=O)O)cc2)c2ccc([N+](=O)[O-])cc21. The Hall–Kier alpha value is -5.78. The third-order valence-corrected chi connectivity index (χ3v) is 8.60. The van der Waals surface area contributed by atoms with Crippen molar-refractivity contribution in [1.82, 2.24) is 4.58 Å². The van der Waals surface area contributed by atoms with E-state index in [0.717, 1.165) is 0 Å². The fourth-order valence-electron chi connectivity index (χ4n) is 6.55. The molecule has 12 nitrogen and oxygen atoms in total. The number of ketones is 2. The molecule has 0 aliphatic carbocycles. The molecule has 0 saturated heterocycles. The summed E-state index contributed by atoms with van der Waals surface area (Å²) in [5.41, 5.74) is 2.20. The Kier molecular flexibility index (Phi) is 7.99. The summed E-state index contributed by atoms with van der Waals surface area (Å²) in [7, 11) is 0. The zero-order valence-corrected chi connectivity index (χ0v) is 25.6. The number of nitrogens with one attached hydrogen (secondary N) is 1. The molecule has 0 amide bonds. The number of carboxylic acid groups (broad SMARTS) is 1. The fraction of sp³-hybridized carbons (Fsp3) is 0.235. The van der Waals surface area contributed by atoms with Crippen LogP contribution in [0.25, 0.3) is 0 Å². The molecule has 3 aromatic rings. The van der Waals surface area contributed by atoms with E-state index in [4.69, 9.17) is 0 Å². The number of nitro groups is 2. The van der Waals surface area contributed by atoms with Crippen molar-refractivity contribution in [3.8, 4) is 0 Å². The van der Waals surface area contributed by atoms with Gasteiger partial charge in [0.1, 0.15) is 11.6 Å². The summed E-state index contributed by atoms with van der Waals surface area (Å²) in [5.74, 6) is -1.34. The molecule has 234 valence electrons. The van der Waals surface area contributed by atoms with Crippen LogP contribution in [-0.2, 0) is 20.4 Å². The van der Waals surface area contributed by atoms with Crippen LogP contribution in [0.1, 0.15) is 62.0 Å². The average Bonchev–Trinajstić information content (AvgIpc) is 3.38. The Labute approximate surface area is 263 Å². The normalized spacial score (nSPS) is 20.8. The maximum absolute atomic E-state index is 12.7. The maximum atomic E-state index is 12.7. The number of nitrogens with zero attached hydrogens (tertiary/aromatic N) is 3. The lowest BCUT2D eigenvalue weighted by molar-refractivity contribution is -0.385. The smallest absolute Gasteiger partial charge is 0.335 e. The molecule has 0 radical (unpaired) electrons. The van der Waals surface area contributed by atoms with Crippen molar-refractivity contribution >= 4 is 51.7 Å². The van der Waals surface area contributed by atoms with Gasteiger partial charge in [-0.25, -0.2) is 4.79 Å². The number of nitro benzene ring substituents is 2. The van der Waals surface area contributed by atoms with E-state index in [1.807, 2.05) is 18.4 Å². The molecule has 0 aromatic heterocycles. The summed E-state index contributed by atoms with van der Waals surface area (Å²) in [4.78, 5) is 58.9. The summed E-state index contributed by atoms with van der Waals surface area (Å²) < 4.78 is 1.84. The van der Waals surface area contributed by atoms with Crippen molar-refractivity contribution in [2.45, 2.75) is 51.4 Å². The number of non-ortho nitro benzene ring substituents is 2. The number of Topliss-reactive ketones (excluding diaryl/α,β-unsaturated/α-hetero) is 2. The van der Waals surface area contributed by atoms with Gasteiger partial charge in [-0.1, -0.05) is 6.08 Å². The van der Waals surface area contributed by atoms with E-state index in [1.54, 1.807) is 42.5 Å². The highest BCUT2D eigenvalue weighted by Crippen LogP contribution is 2.48. The summed E-state index contributed by atoms with van der Waals surface area (Å²) >= 11 is 0. The molecule has 0 spiro atoms. The molecule has 2 unspecified atom stereocenters. The summed E-state index contributed by atoms with van der Waals surface area (Å²) in [6, 6.07) is 15.1. The Bertz CT molecular complexity index is 1940. The van der Waals surface area contributed by atoms with Crippen LogP contribution in [0.15, 0.2) is 84.6 Å². The predicted molar refractivity (Wildman–Crippen MR) is 172 cm³/mol. The highest BCUT2D eigenvalue weighted by Gasteiger charge is 2.50. The molecule has 2 aliphatic rings. The predicted octanol–water partition coefficient (Wildman–Crippen LogP) is 6.53. The van der Waals surface area contributed by atoms with E-state index < -0.39 is 26.6 Å². The largest absolute Gasteiger partial charge is 0.478 e. The number of hydrogen-bond acceptors (Lipinski definition) is 8. The molecule has 0 bridgehead atoms. The number of carbonyl (C=O) groups is 3. The maximum Gasteiger partial charge on any atom is 0.335 e. The van der Waals surface area contributed by atoms with Gasteiger partial charge in [0.05, 0.1) is 20.8 Å². The number of allylic oxidation sites excluding steroid dienone is 4. The summed E-state index contributed by atoms with van der Waals surface area (Å²) in [5, 5.41) is 36.0. The van der Waals surface area contributed by atoms with Gasteiger partial charge >= 0.3 is 5.97 Å². The van der Waals surface area contributed by atoms with Crippen molar-refractivity contribution in [2.24, 2.45) is 0 Å². The van der Waals surface area contributed by atoms with Gasteiger partial charge in [0.2, 0.25) is 11.4 Å². The van der Waals surface area contributed by atoms with Gasteiger partial charge < -0.3 is 10.4 Å². The number of carbonyl (C=O) groups excluding carboxylic acids is 2. The highest BCUT2D eigenvalue weighted by molar-refractivity contribution is 6.12. The first-order valence-electron chi connectivity index (χ1n) is 14.4. The van der Waals surface area contributed by atoms with Gasteiger partial charge in [-0.2, -0.15) is 4.58 Å². The number of aromatic carboxylic acids is 1. The van der Waals surface area contributed by atoms with Crippen LogP contribution < -0.4 is 9.89 Å². The third-order valence-electron chi connectivity index (χ3n) is 8.60. The topological polar surface area (TPSA) is 173 Å². The molecule has 0 saturated carbocycles. The first-order chi connectivity index (χ1) is 21.7. The van der Waals surface area contributed by atoms with Gasteiger partial charge in [-0.15, -0.1) is 0 Å². The minimum absolute atomic E-state index is 0.0243. The molecule has 2 atom stereocenters. The number of fused-ring (bicyclic) bond motifs is 2. The molecular weight excluding hydrogens is 592 g/mol. The molecule has 0 fully saturated rings. The van der Waals surface area contributed by atoms with E-state index in [9.17, 15) is 39.7 Å². The minimum atomic E-state index is -1.09. The average molecular weight is 624 g/mol. The zero-order chi connectivity index (χ0) is 33.6. The second-order valence-electron chi connectivity index (χ2n) is 12.0. The van der Waals surface area contributed by atoms with Crippen LogP contribution >= 0.6 is 0 Å². The molecule has 3 aromatic carbocycles. The monoisotopic (exact) mass is 623 g/mol. The first kappa shape index (κ1) is 31.6. The van der Waals surface area contributed by atoms with Gasteiger partial charge in [0, 0.05) is 83.7 Å². The van der Waals surface area contributed by atoms with Crippen LogP contribution in [0.3, 0.4) is 0 Å². The Morgan fingerprint density at radius 3 is 1.98 bits per heavy atom. The number of anilines is 1. The van der Waals surface area contributed by atoms with E-state index in [2.05, 4.69) is 5.32 Å². The van der Waals surface area contributed by atoms with Crippen LogP contribution in [-0.4, -0.2) is 38.2 Å². The van der Waals surface area contributed by atoms with Crippen LogP contribution in [0, 0.1) is 20.2 Å². The Morgan fingerprint density at radius 1 is 0.848 bits per heavy atom. The highest BCUT2D eigenvalue weighted by atomic mass is 16.6. The fourth-order valence-corrected chi connectivity index (χ4v) is 6.55. The summed E-state index contributed by atoms with van der Waals surface area (Å²) in [6.45, 7) is 6.57. The lowest BCUT2D eigenvalue weighted by atomic mass is 9.75. The van der Waals surface area contributed by atoms with Gasteiger partial charge in [-0.3, -0.25) is 29.8 Å². The van der Waals surface area contributed by atoms with Crippen molar-refractivity contribution in [1.29, 1.82) is 0 Å². The quantitative estimate of drug-likeness (QED) is 0.145.